The lowest BCUT2D eigenvalue weighted by molar-refractivity contribution is 0.414. The number of hydrogen-bond donors (Lipinski definition) is 0. The maximum Gasteiger partial charge on any atom is 0.119 e. The van der Waals surface area contributed by atoms with Crippen molar-refractivity contribution < 1.29 is 9.47 Å². The maximum atomic E-state index is 5.40. The first-order valence-corrected chi connectivity index (χ1v) is 8.45. The van der Waals surface area contributed by atoms with E-state index in [0.29, 0.717) is 4.83 Å². The number of halogens is 1. The van der Waals surface area contributed by atoms with Gasteiger partial charge in [0.25, 0.3) is 0 Å². The van der Waals surface area contributed by atoms with E-state index >= 15 is 0 Å². The van der Waals surface area contributed by atoms with E-state index in [1.54, 1.807) is 14.2 Å². The molecule has 2 nitrogen and oxygen atoms in total. The van der Waals surface area contributed by atoms with Crippen LogP contribution in [0, 0.1) is 5.41 Å². The molecule has 0 unspecified atom stereocenters. The molecular formula is C19H19BrO2. The van der Waals surface area contributed by atoms with E-state index < -0.39 is 0 Å². The van der Waals surface area contributed by atoms with E-state index in [1.165, 1.54) is 23.1 Å². The van der Waals surface area contributed by atoms with Crippen molar-refractivity contribution >= 4 is 15.9 Å². The highest BCUT2D eigenvalue weighted by atomic mass is 79.9. The van der Waals surface area contributed by atoms with Crippen molar-refractivity contribution in [3.63, 3.8) is 0 Å². The predicted molar refractivity (Wildman–Crippen MR) is 91.2 cm³/mol. The third-order valence-corrected chi connectivity index (χ3v) is 7.12. The van der Waals surface area contributed by atoms with Crippen LogP contribution in [0.4, 0.5) is 0 Å². The Morgan fingerprint density at radius 1 is 1.00 bits per heavy atom. The molecule has 3 heteroatoms. The van der Waals surface area contributed by atoms with Crippen LogP contribution in [-0.2, 0) is 5.41 Å². The third-order valence-electron chi connectivity index (χ3n) is 5.62. The van der Waals surface area contributed by atoms with Gasteiger partial charge in [0.1, 0.15) is 11.5 Å². The smallest absolute Gasteiger partial charge is 0.119 e. The van der Waals surface area contributed by atoms with Crippen molar-refractivity contribution in [2.24, 2.45) is 5.41 Å². The minimum Gasteiger partial charge on any atom is -0.497 e. The summed E-state index contributed by atoms with van der Waals surface area (Å²) in [6.45, 7) is 2.38. The number of benzene rings is 2. The van der Waals surface area contributed by atoms with Crippen LogP contribution in [-0.4, -0.2) is 14.2 Å². The lowest BCUT2D eigenvalue weighted by Gasteiger charge is -2.19. The summed E-state index contributed by atoms with van der Waals surface area (Å²) in [5, 5.41) is 0. The van der Waals surface area contributed by atoms with Crippen LogP contribution in [0.3, 0.4) is 0 Å². The maximum absolute atomic E-state index is 5.40. The Labute approximate surface area is 139 Å². The highest BCUT2D eigenvalue weighted by molar-refractivity contribution is 9.09. The Bertz CT molecular complexity index is 740. The first-order valence-electron chi connectivity index (χ1n) is 7.54. The summed E-state index contributed by atoms with van der Waals surface area (Å²) < 4.78 is 10.7. The molecule has 0 aliphatic heterocycles. The number of fused-ring (bicyclic) bond motifs is 3. The van der Waals surface area contributed by atoms with Gasteiger partial charge in [0.2, 0.25) is 0 Å². The largest absolute Gasteiger partial charge is 0.497 e. The Balaban J connectivity index is 1.86. The Morgan fingerprint density at radius 3 is 2.27 bits per heavy atom. The van der Waals surface area contributed by atoms with Gasteiger partial charge in [-0.15, -0.1) is 0 Å². The molecule has 0 spiro atoms. The van der Waals surface area contributed by atoms with Crippen molar-refractivity contribution in [2.45, 2.75) is 23.6 Å². The lowest BCUT2D eigenvalue weighted by Crippen LogP contribution is -2.13. The second-order valence-electron chi connectivity index (χ2n) is 6.54. The topological polar surface area (TPSA) is 18.5 Å². The van der Waals surface area contributed by atoms with Crippen LogP contribution in [0.5, 0.6) is 11.5 Å². The highest BCUT2D eigenvalue weighted by Crippen LogP contribution is 2.80. The van der Waals surface area contributed by atoms with Crippen molar-refractivity contribution in [1.29, 1.82) is 0 Å². The molecule has 1 fully saturated rings. The van der Waals surface area contributed by atoms with Gasteiger partial charge in [0.15, 0.2) is 0 Å². The molecule has 4 rings (SSSR count). The quantitative estimate of drug-likeness (QED) is 0.730. The van der Waals surface area contributed by atoms with Gasteiger partial charge < -0.3 is 9.47 Å². The predicted octanol–water partition coefficient (Wildman–Crippen LogP) is 4.85. The second kappa shape index (κ2) is 4.51. The molecular weight excluding hydrogens is 340 g/mol. The summed E-state index contributed by atoms with van der Waals surface area (Å²) in [5.41, 5.74) is 4.53. The molecule has 2 aromatic rings. The van der Waals surface area contributed by atoms with Gasteiger partial charge in [0.05, 0.1) is 14.2 Å². The Morgan fingerprint density at radius 2 is 1.64 bits per heavy atom. The van der Waals surface area contributed by atoms with Gasteiger partial charge in [-0.2, -0.15) is 0 Å². The van der Waals surface area contributed by atoms with Crippen LogP contribution in [0.15, 0.2) is 42.5 Å². The van der Waals surface area contributed by atoms with Crippen LogP contribution < -0.4 is 9.47 Å². The highest BCUT2D eigenvalue weighted by Gasteiger charge is 2.73. The zero-order valence-corrected chi connectivity index (χ0v) is 14.6. The molecule has 2 aliphatic carbocycles. The zero-order chi connectivity index (χ0) is 15.5. The minimum atomic E-state index is 0.120. The van der Waals surface area contributed by atoms with E-state index in [0.717, 1.165) is 11.5 Å². The second-order valence-corrected chi connectivity index (χ2v) is 7.46. The minimum absolute atomic E-state index is 0.120. The van der Waals surface area contributed by atoms with Gasteiger partial charge in [-0.25, -0.2) is 0 Å². The SMILES string of the molecule is COc1ccc([C@@]23C[C@]2(C)[C@H](Br)c2cc(OC)ccc23)cc1. The molecule has 1 saturated carbocycles. The summed E-state index contributed by atoms with van der Waals surface area (Å²) in [6.07, 6.45) is 1.18. The average molecular weight is 359 g/mol. The van der Waals surface area contributed by atoms with Gasteiger partial charge in [-0.3, -0.25) is 0 Å². The number of methoxy groups -OCH3 is 2. The fourth-order valence-corrected chi connectivity index (χ4v) is 5.22. The third kappa shape index (κ3) is 1.55. The Kier molecular flexibility index (Phi) is 2.90. The summed E-state index contributed by atoms with van der Waals surface area (Å²) in [4.78, 5) is 0.368. The lowest BCUT2D eigenvalue weighted by atomic mass is 9.85. The molecule has 0 aromatic heterocycles. The average Bonchev–Trinajstić information content (AvgIpc) is 3.16. The van der Waals surface area contributed by atoms with Crippen molar-refractivity contribution in [3.8, 4) is 11.5 Å². The van der Waals surface area contributed by atoms with Crippen LogP contribution in [0.1, 0.15) is 34.9 Å². The van der Waals surface area contributed by atoms with Crippen LogP contribution in [0.25, 0.3) is 0 Å². The molecule has 0 N–H and O–H groups in total. The molecule has 2 aliphatic rings. The zero-order valence-electron chi connectivity index (χ0n) is 13.0. The van der Waals surface area contributed by atoms with Crippen molar-refractivity contribution in [2.75, 3.05) is 14.2 Å². The molecule has 0 saturated heterocycles. The summed E-state index contributed by atoms with van der Waals surface area (Å²) in [5.74, 6) is 1.84. The number of hydrogen-bond acceptors (Lipinski definition) is 2. The Hall–Kier alpha value is -1.48. The summed E-state index contributed by atoms with van der Waals surface area (Å²) in [7, 11) is 3.43. The normalized spacial score (nSPS) is 31.4. The number of rotatable bonds is 3. The van der Waals surface area contributed by atoms with Gasteiger partial charge >= 0.3 is 0 Å². The van der Waals surface area contributed by atoms with E-state index in [2.05, 4.69) is 65.3 Å². The van der Waals surface area contributed by atoms with Crippen LogP contribution in [0.2, 0.25) is 0 Å². The van der Waals surface area contributed by atoms with Crippen molar-refractivity contribution in [3.05, 3.63) is 59.2 Å². The molecule has 0 bridgehead atoms. The van der Waals surface area contributed by atoms with Crippen LogP contribution >= 0.6 is 15.9 Å². The summed E-state index contributed by atoms with van der Waals surface area (Å²) in [6, 6.07) is 15.0. The molecule has 22 heavy (non-hydrogen) atoms. The molecule has 0 heterocycles. The molecule has 0 amide bonds. The fourth-order valence-electron chi connectivity index (χ4n) is 4.29. The first kappa shape index (κ1) is 14.1. The number of ether oxygens (including phenoxy) is 2. The van der Waals surface area contributed by atoms with Crippen molar-refractivity contribution in [1.82, 2.24) is 0 Å². The summed E-state index contributed by atoms with van der Waals surface area (Å²) >= 11 is 3.94. The molecule has 2 aromatic carbocycles. The first-order chi connectivity index (χ1) is 10.6. The van der Waals surface area contributed by atoms with Gasteiger partial charge in [0, 0.05) is 10.2 Å². The van der Waals surface area contributed by atoms with E-state index in [4.69, 9.17) is 9.47 Å². The molecule has 3 atom stereocenters. The fraction of sp³-hybridized carbons (Fsp3) is 0.368. The van der Waals surface area contributed by atoms with Gasteiger partial charge in [-0.05, 0) is 52.8 Å². The van der Waals surface area contributed by atoms with E-state index in [1.807, 2.05) is 0 Å². The van der Waals surface area contributed by atoms with E-state index in [-0.39, 0.29) is 10.8 Å². The molecule has 0 radical (unpaired) electrons. The van der Waals surface area contributed by atoms with Gasteiger partial charge in [-0.1, -0.05) is 41.1 Å². The monoisotopic (exact) mass is 358 g/mol. The molecule has 114 valence electrons. The number of alkyl halides is 1. The van der Waals surface area contributed by atoms with E-state index in [9.17, 15) is 0 Å². The standard InChI is InChI=1S/C19H19BrO2/c1-18-11-19(18,12-4-6-13(21-2)7-5-12)16-9-8-14(22-3)10-15(16)17(18)20/h4-10,17H,11H2,1-3H3/t17-,18-,19-/m1/s1.